The lowest BCUT2D eigenvalue weighted by molar-refractivity contribution is -0.129. The van der Waals surface area contributed by atoms with Gasteiger partial charge in [0.05, 0.1) is 0 Å². The molecule has 0 bridgehead atoms. The quantitative estimate of drug-likeness (QED) is 0.261. The van der Waals surface area contributed by atoms with Crippen molar-refractivity contribution in [1.29, 1.82) is 5.41 Å². The van der Waals surface area contributed by atoms with E-state index < -0.39 is 16.1 Å². The standard InChI is InChI=1S/C20H21N5O3S2/c21-15-6-5-13(19(22)23)9-14(15)11-25-8-7-16(20(25)26)24-30(27,28)18-10-12-3-1-2-4-17(12)29-18/h1-6,9-10,16,24H,7-8,11,21H2,(H3,22,23). The molecule has 0 aliphatic carbocycles. The number of hydrogen-bond acceptors (Lipinski definition) is 6. The number of nitrogens with two attached hydrogens (primary N) is 2. The third-order valence-electron chi connectivity index (χ3n) is 5.08. The molecule has 1 fully saturated rings. The molecule has 3 aromatic rings. The lowest BCUT2D eigenvalue weighted by Gasteiger charge is -2.19. The SMILES string of the molecule is N=C(N)c1ccc(N)c(CN2CCC(NS(=O)(=O)c3cc4ccccc4s3)C2=O)c1. The van der Waals surface area contributed by atoms with Crippen LogP contribution in [-0.2, 0) is 21.4 Å². The van der Waals surface area contributed by atoms with Gasteiger partial charge in [-0.25, -0.2) is 8.42 Å². The number of rotatable bonds is 6. The van der Waals surface area contributed by atoms with Crippen molar-refractivity contribution in [3.05, 3.63) is 59.7 Å². The van der Waals surface area contributed by atoms with E-state index >= 15 is 0 Å². The molecule has 4 rings (SSSR count). The molecule has 156 valence electrons. The fourth-order valence-electron chi connectivity index (χ4n) is 3.46. The molecule has 1 amide bonds. The molecule has 1 unspecified atom stereocenters. The van der Waals surface area contributed by atoms with E-state index in [4.69, 9.17) is 16.9 Å². The summed E-state index contributed by atoms with van der Waals surface area (Å²) in [4.78, 5) is 14.4. The Hall–Kier alpha value is -2.95. The smallest absolute Gasteiger partial charge is 0.250 e. The molecule has 10 heteroatoms. The Balaban J connectivity index is 1.49. The average molecular weight is 444 g/mol. The van der Waals surface area contributed by atoms with Gasteiger partial charge in [0.1, 0.15) is 16.1 Å². The second-order valence-corrected chi connectivity index (χ2v) is 10.2. The number of likely N-dealkylation sites (tertiary alicyclic amines) is 1. The van der Waals surface area contributed by atoms with Gasteiger partial charge in [-0.15, -0.1) is 11.3 Å². The summed E-state index contributed by atoms with van der Waals surface area (Å²) in [6, 6.07) is 13.2. The maximum absolute atomic E-state index is 12.8. The van der Waals surface area contributed by atoms with E-state index in [9.17, 15) is 13.2 Å². The van der Waals surface area contributed by atoms with Crippen LogP contribution in [0.25, 0.3) is 10.1 Å². The number of amidine groups is 1. The highest BCUT2D eigenvalue weighted by Gasteiger charge is 2.35. The molecule has 1 aromatic heterocycles. The van der Waals surface area contributed by atoms with Crippen molar-refractivity contribution in [3.63, 3.8) is 0 Å². The first-order valence-corrected chi connectivity index (χ1v) is 11.6. The molecule has 0 saturated carbocycles. The number of fused-ring (bicyclic) bond motifs is 1. The van der Waals surface area contributed by atoms with E-state index in [-0.39, 0.29) is 22.5 Å². The van der Waals surface area contributed by atoms with Crippen molar-refractivity contribution in [2.75, 3.05) is 12.3 Å². The van der Waals surface area contributed by atoms with Crippen LogP contribution < -0.4 is 16.2 Å². The number of nitrogen functional groups attached to an aromatic ring is 2. The summed E-state index contributed by atoms with van der Waals surface area (Å²) >= 11 is 1.17. The second kappa shape index (κ2) is 7.71. The number of benzene rings is 2. The minimum atomic E-state index is -3.81. The first kappa shape index (κ1) is 20.3. The van der Waals surface area contributed by atoms with Crippen LogP contribution in [0, 0.1) is 5.41 Å². The third kappa shape index (κ3) is 3.89. The van der Waals surface area contributed by atoms with Crippen LogP contribution in [-0.4, -0.2) is 37.6 Å². The highest BCUT2D eigenvalue weighted by molar-refractivity contribution is 7.91. The minimum Gasteiger partial charge on any atom is -0.398 e. The lowest BCUT2D eigenvalue weighted by atomic mass is 10.1. The first-order valence-electron chi connectivity index (χ1n) is 9.27. The summed E-state index contributed by atoms with van der Waals surface area (Å²) < 4.78 is 29.2. The summed E-state index contributed by atoms with van der Waals surface area (Å²) in [6.07, 6.45) is 0.370. The van der Waals surface area contributed by atoms with Gasteiger partial charge in [-0.05, 0) is 47.7 Å². The number of anilines is 1. The Morgan fingerprint density at radius 1 is 1.23 bits per heavy atom. The molecule has 6 N–H and O–H groups in total. The molecule has 0 spiro atoms. The molecule has 2 aromatic carbocycles. The van der Waals surface area contributed by atoms with Crippen molar-refractivity contribution >= 4 is 48.9 Å². The Morgan fingerprint density at radius 3 is 2.73 bits per heavy atom. The Morgan fingerprint density at radius 2 is 2.00 bits per heavy atom. The Bertz CT molecular complexity index is 1220. The predicted octanol–water partition coefficient (Wildman–Crippen LogP) is 1.85. The first-order chi connectivity index (χ1) is 14.2. The maximum atomic E-state index is 12.8. The van der Waals surface area contributed by atoms with Crippen molar-refractivity contribution < 1.29 is 13.2 Å². The molecule has 2 heterocycles. The number of amides is 1. The number of hydrogen-bond donors (Lipinski definition) is 4. The second-order valence-electron chi connectivity index (χ2n) is 7.15. The number of carbonyl (C=O) groups is 1. The van der Waals surface area contributed by atoms with Crippen molar-refractivity contribution in [2.45, 2.75) is 23.2 Å². The van der Waals surface area contributed by atoms with Gasteiger partial charge in [-0.1, -0.05) is 18.2 Å². The van der Waals surface area contributed by atoms with Crippen LogP contribution in [0.15, 0.2) is 52.7 Å². The monoisotopic (exact) mass is 443 g/mol. The Kier molecular flexibility index (Phi) is 5.22. The van der Waals surface area contributed by atoms with E-state index in [0.29, 0.717) is 29.8 Å². The van der Waals surface area contributed by atoms with E-state index in [1.54, 1.807) is 29.2 Å². The van der Waals surface area contributed by atoms with E-state index in [0.717, 1.165) is 10.1 Å². The fraction of sp³-hybridized carbons (Fsp3) is 0.200. The largest absolute Gasteiger partial charge is 0.398 e. The van der Waals surface area contributed by atoms with Gasteiger partial charge >= 0.3 is 0 Å². The summed E-state index contributed by atoms with van der Waals surface area (Å²) in [5.41, 5.74) is 13.2. The molecule has 1 aliphatic rings. The number of nitrogens with zero attached hydrogens (tertiary/aromatic N) is 1. The van der Waals surface area contributed by atoms with Crippen molar-refractivity contribution in [1.82, 2.24) is 9.62 Å². The van der Waals surface area contributed by atoms with Gasteiger partial charge in [0, 0.05) is 29.0 Å². The molecule has 30 heavy (non-hydrogen) atoms. The van der Waals surface area contributed by atoms with Gasteiger partial charge in [0.15, 0.2) is 0 Å². The van der Waals surface area contributed by atoms with Crippen LogP contribution in [0.4, 0.5) is 5.69 Å². The normalized spacial score (nSPS) is 17.0. The van der Waals surface area contributed by atoms with Gasteiger partial charge in [-0.3, -0.25) is 10.2 Å². The van der Waals surface area contributed by atoms with Gasteiger partial charge < -0.3 is 16.4 Å². The summed E-state index contributed by atoms with van der Waals surface area (Å²) in [7, 11) is -3.81. The number of thiophene rings is 1. The van der Waals surface area contributed by atoms with E-state index in [1.807, 2.05) is 24.3 Å². The number of nitrogens with one attached hydrogen (secondary N) is 2. The summed E-state index contributed by atoms with van der Waals surface area (Å²) in [5.74, 6) is -0.384. The zero-order chi connectivity index (χ0) is 21.5. The fourth-order valence-corrected chi connectivity index (χ4v) is 6.09. The zero-order valence-electron chi connectivity index (χ0n) is 16.0. The van der Waals surface area contributed by atoms with Gasteiger partial charge in [0.25, 0.3) is 10.0 Å². The molecule has 8 nitrogen and oxygen atoms in total. The predicted molar refractivity (Wildman–Crippen MR) is 118 cm³/mol. The van der Waals surface area contributed by atoms with Crippen LogP contribution in [0.5, 0.6) is 0 Å². The van der Waals surface area contributed by atoms with Crippen LogP contribution in [0.3, 0.4) is 0 Å². The minimum absolute atomic E-state index is 0.0852. The Labute approximate surface area is 178 Å². The summed E-state index contributed by atoms with van der Waals surface area (Å²) in [5, 5.41) is 8.41. The summed E-state index contributed by atoms with van der Waals surface area (Å²) in [6.45, 7) is 0.634. The molecular formula is C20H21N5O3S2. The number of sulfonamides is 1. The molecule has 0 radical (unpaired) electrons. The van der Waals surface area contributed by atoms with E-state index in [2.05, 4.69) is 4.72 Å². The third-order valence-corrected chi connectivity index (χ3v) is 8.14. The lowest BCUT2D eigenvalue weighted by Crippen LogP contribution is -2.41. The molecular weight excluding hydrogens is 422 g/mol. The van der Waals surface area contributed by atoms with E-state index in [1.165, 1.54) is 11.3 Å². The van der Waals surface area contributed by atoms with Crippen molar-refractivity contribution in [3.8, 4) is 0 Å². The van der Waals surface area contributed by atoms with Gasteiger partial charge in [-0.2, -0.15) is 4.72 Å². The maximum Gasteiger partial charge on any atom is 0.250 e. The van der Waals surface area contributed by atoms with Gasteiger partial charge in [0.2, 0.25) is 5.91 Å². The van der Waals surface area contributed by atoms with Crippen LogP contribution in [0.2, 0.25) is 0 Å². The highest BCUT2D eigenvalue weighted by atomic mass is 32.2. The van der Waals surface area contributed by atoms with Crippen LogP contribution in [0.1, 0.15) is 17.5 Å². The zero-order valence-corrected chi connectivity index (χ0v) is 17.6. The highest BCUT2D eigenvalue weighted by Crippen LogP contribution is 2.29. The molecule has 1 atom stereocenters. The van der Waals surface area contributed by atoms with Crippen LogP contribution >= 0.6 is 11.3 Å². The average Bonchev–Trinajstić information content (AvgIpc) is 3.28. The van der Waals surface area contributed by atoms with Crippen molar-refractivity contribution in [2.24, 2.45) is 5.73 Å². The molecule has 1 saturated heterocycles. The topological polar surface area (TPSA) is 142 Å². The number of carbonyl (C=O) groups excluding carboxylic acids is 1. The molecule has 1 aliphatic heterocycles.